The number of ether oxygens (including phenoxy) is 4. The highest BCUT2D eigenvalue weighted by Gasteiger charge is 2.57. The van der Waals surface area contributed by atoms with E-state index in [4.69, 9.17) is 24.7 Å². The van der Waals surface area contributed by atoms with Gasteiger partial charge < -0.3 is 24.7 Å². The average molecular weight is 335 g/mol. The molecule has 2 N–H and O–H groups in total. The molecule has 0 spiro atoms. The summed E-state index contributed by atoms with van der Waals surface area (Å²) in [6, 6.07) is 9.80. The summed E-state index contributed by atoms with van der Waals surface area (Å²) in [6.07, 6.45) is -1.43. The number of epoxide rings is 1. The summed E-state index contributed by atoms with van der Waals surface area (Å²) in [6.45, 7) is 6.44. The van der Waals surface area contributed by atoms with E-state index in [0.717, 1.165) is 5.56 Å². The highest BCUT2D eigenvalue weighted by molar-refractivity contribution is 5.65. The lowest BCUT2D eigenvalue weighted by molar-refractivity contribution is -0.169. The van der Waals surface area contributed by atoms with Crippen LogP contribution in [0.15, 0.2) is 30.3 Å². The number of primary amides is 1. The Labute approximate surface area is 142 Å². The molecule has 3 rings (SSSR count). The van der Waals surface area contributed by atoms with Crippen molar-refractivity contribution in [2.45, 2.75) is 63.3 Å². The van der Waals surface area contributed by atoms with Crippen LogP contribution in [0, 0.1) is 0 Å². The lowest BCUT2D eigenvalue weighted by atomic mass is 9.97. The van der Waals surface area contributed by atoms with Gasteiger partial charge in [-0.25, -0.2) is 4.79 Å². The molecule has 2 aliphatic heterocycles. The van der Waals surface area contributed by atoms with Gasteiger partial charge in [0.1, 0.15) is 30.5 Å². The molecule has 2 fully saturated rings. The number of fused-ring (bicyclic) bond motifs is 1. The zero-order valence-electron chi connectivity index (χ0n) is 14.3. The minimum absolute atomic E-state index is 0.00657. The molecule has 5 atom stereocenters. The molecule has 6 nitrogen and oxygen atoms in total. The van der Waals surface area contributed by atoms with Gasteiger partial charge >= 0.3 is 6.09 Å². The summed E-state index contributed by atoms with van der Waals surface area (Å²) >= 11 is 0. The smallest absolute Gasteiger partial charge is 0.404 e. The fourth-order valence-electron chi connectivity index (χ4n) is 3.15. The molecule has 24 heavy (non-hydrogen) atoms. The number of carbonyl (C=O) groups excluding carboxylic acids is 1. The lowest BCUT2D eigenvalue weighted by Gasteiger charge is -2.36. The van der Waals surface area contributed by atoms with Crippen LogP contribution in [-0.2, 0) is 25.4 Å². The molecule has 6 heteroatoms. The maximum Gasteiger partial charge on any atom is 0.404 e. The normalized spacial score (nSPS) is 28.0. The number of nitrogens with two attached hydrogens (primary N) is 1. The predicted molar refractivity (Wildman–Crippen MR) is 87.6 cm³/mol. The van der Waals surface area contributed by atoms with Crippen molar-refractivity contribution in [2.75, 3.05) is 6.61 Å². The summed E-state index contributed by atoms with van der Waals surface area (Å²) in [5.41, 5.74) is 5.92. The Balaban J connectivity index is 1.82. The largest absolute Gasteiger partial charge is 0.443 e. The topological polar surface area (TPSA) is 83.3 Å². The number of hydrogen-bond donors (Lipinski definition) is 1. The summed E-state index contributed by atoms with van der Waals surface area (Å²) in [5, 5.41) is 0. The third-order valence-electron chi connectivity index (χ3n) is 4.13. The van der Waals surface area contributed by atoms with Gasteiger partial charge in [0.15, 0.2) is 0 Å². The molecule has 0 saturated carbocycles. The van der Waals surface area contributed by atoms with Gasteiger partial charge in [0.2, 0.25) is 0 Å². The molecule has 0 aromatic heterocycles. The molecule has 1 amide bonds. The Morgan fingerprint density at radius 3 is 2.54 bits per heavy atom. The van der Waals surface area contributed by atoms with Gasteiger partial charge in [-0.05, 0) is 26.3 Å². The Kier molecular flexibility index (Phi) is 4.80. The van der Waals surface area contributed by atoms with Crippen molar-refractivity contribution in [3.05, 3.63) is 35.9 Å². The second-order valence-electron chi connectivity index (χ2n) is 7.30. The Morgan fingerprint density at radius 1 is 1.33 bits per heavy atom. The van der Waals surface area contributed by atoms with E-state index in [1.54, 1.807) is 0 Å². The van der Waals surface area contributed by atoms with Crippen LogP contribution in [0.4, 0.5) is 4.79 Å². The molecular formula is C18H25NO5. The van der Waals surface area contributed by atoms with Crippen molar-refractivity contribution >= 4 is 6.09 Å². The number of carbonyl (C=O) groups is 1. The molecule has 0 bridgehead atoms. The minimum Gasteiger partial charge on any atom is -0.443 e. The van der Waals surface area contributed by atoms with Crippen LogP contribution < -0.4 is 5.73 Å². The van der Waals surface area contributed by atoms with Gasteiger partial charge in [-0.15, -0.1) is 0 Å². The zero-order valence-corrected chi connectivity index (χ0v) is 14.3. The van der Waals surface area contributed by atoms with Crippen molar-refractivity contribution in [1.29, 1.82) is 0 Å². The minimum atomic E-state index is -0.815. The van der Waals surface area contributed by atoms with Crippen molar-refractivity contribution < 1.29 is 23.7 Å². The maximum absolute atomic E-state index is 11.4. The first-order chi connectivity index (χ1) is 11.3. The average Bonchev–Trinajstić information content (AvgIpc) is 3.15. The number of rotatable bonds is 6. The fraction of sp³-hybridized carbons (Fsp3) is 0.611. The second kappa shape index (κ2) is 6.70. The number of amides is 1. The molecule has 132 valence electrons. The van der Waals surface area contributed by atoms with Gasteiger partial charge in [0.25, 0.3) is 0 Å². The van der Waals surface area contributed by atoms with Gasteiger partial charge in [-0.3, -0.25) is 0 Å². The second-order valence-corrected chi connectivity index (χ2v) is 7.30. The molecule has 0 radical (unpaired) electrons. The van der Waals surface area contributed by atoms with Crippen molar-refractivity contribution in [3.8, 4) is 0 Å². The molecule has 0 aliphatic carbocycles. The number of benzene rings is 1. The Hall–Kier alpha value is -1.63. The highest BCUT2D eigenvalue weighted by Crippen LogP contribution is 2.39. The van der Waals surface area contributed by atoms with Gasteiger partial charge in [0.05, 0.1) is 12.2 Å². The first-order valence-corrected chi connectivity index (χ1v) is 8.28. The lowest BCUT2D eigenvalue weighted by Crippen LogP contribution is -2.49. The maximum atomic E-state index is 11.4. The van der Waals surface area contributed by atoms with Crippen molar-refractivity contribution in [3.63, 3.8) is 0 Å². The first kappa shape index (κ1) is 17.2. The van der Waals surface area contributed by atoms with E-state index in [1.165, 1.54) is 0 Å². The van der Waals surface area contributed by atoms with E-state index in [9.17, 15) is 4.79 Å². The SMILES string of the molecule is CC(C)(C)OC([C@@H](Cc1ccccc1)OC(N)=O)[C@@H]1OC[C@@H]2O[C@@H]21. The third kappa shape index (κ3) is 4.26. The van der Waals surface area contributed by atoms with Crippen LogP contribution in [0.5, 0.6) is 0 Å². The summed E-state index contributed by atoms with van der Waals surface area (Å²) < 4.78 is 23.1. The summed E-state index contributed by atoms with van der Waals surface area (Å²) in [7, 11) is 0. The zero-order chi connectivity index (χ0) is 17.3. The van der Waals surface area contributed by atoms with Crippen molar-refractivity contribution in [1.82, 2.24) is 0 Å². The third-order valence-corrected chi connectivity index (χ3v) is 4.13. The van der Waals surface area contributed by atoms with Gasteiger partial charge in [0, 0.05) is 6.42 Å². The number of hydrogen-bond acceptors (Lipinski definition) is 5. The molecule has 2 saturated heterocycles. The first-order valence-electron chi connectivity index (χ1n) is 8.28. The van der Waals surface area contributed by atoms with Gasteiger partial charge in [-0.2, -0.15) is 0 Å². The molecule has 2 aliphatic rings. The van der Waals surface area contributed by atoms with Crippen LogP contribution in [0.25, 0.3) is 0 Å². The van der Waals surface area contributed by atoms with Crippen LogP contribution in [0.2, 0.25) is 0 Å². The van der Waals surface area contributed by atoms with Crippen LogP contribution >= 0.6 is 0 Å². The Morgan fingerprint density at radius 2 is 2.04 bits per heavy atom. The Bertz CT molecular complexity index is 571. The van der Waals surface area contributed by atoms with E-state index >= 15 is 0 Å². The van der Waals surface area contributed by atoms with E-state index in [2.05, 4.69) is 0 Å². The highest BCUT2D eigenvalue weighted by atomic mass is 16.7. The summed E-state index contributed by atoms with van der Waals surface area (Å²) in [5.74, 6) is 0. The van der Waals surface area contributed by atoms with Crippen LogP contribution in [0.1, 0.15) is 26.3 Å². The monoisotopic (exact) mass is 335 g/mol. The summed E-state index contributed by atoms with van der Waals surface area (Å²) in [4.78, 5) is 11.4. The molecular weight excluding hydrogens is 310 g/mol. The van der Waals surface area contributed by atoms with Crippen molar-refractivity contribution in [2.24, 2.45) is 5.73 Å². The predicted octanol–water partition coefficient (Wildman–Crippen LogP) is 2.04. The molecule has 1 aromatic rings. The van der Waals surface area contributed by atoms with Crippen LogP contribution in [0.3, 0.4) is 0 Å². The molecule has 1 unspecified atom stereocenters. The quantitative estimate of drug-likeness (QED) is 0.804. The standard InChI is InChI=1S/C18H25NO5/c1-18(2,3)24-15(16-14-13(22-14)10-21-16)12(23-17(19)20)9-11-7-5-4-6-8-11/h4-8,12-16H,9-10H2,1-3H3,(H2,19,20)/t12-,13+,14+,15?,16-/m1/s1. The van der Waals surface area contributed by atoms with Crippen LogP contribution in [-0.4, -0.2) is 48.8 Å². The van der Waals surface area contributed by atoms with E-state index < -0.39 is 23.9 Å². The molecule has 2 heterocycles. The fourth-order valence-corrected chi connectivity index (χ4v) is 3.15. The van der Waals surface area contributed by atoms with E-state index in [0.29, 0.717) is 13.0 Å². The van der Waals surface area contributed by atoms with E-state index in [1.807, 2.05) is 51.1 Å². The molecule has 1 aromatic carbocycles. The van der Waals surface area contributed by atoms with Gasteiger partial charge in [-0.1, -0.05) is 30.3 Å². The van der Waals surface area contributed by atoms with E-state index in [-0.39, 0.29) is 18.3 Å².